The monoisotopic (exact) mass is 532 g/mol. The number of nitrogens with zero attached hydrogens (tertiary/aromatic N) is 2. The summed E-state index contributed by atoms with van der Waals surface area (Å²) >= 11 is 1.65. The average Bonchev–Trinajstić information content (AvgIpc) is 2.97. The summed E-state index contributed by atoms with van der Waals surface area (Å²) in [6.45, 7) is 4.36. The van der Waals surface area contributed by atoms with Gasteiger partial charge in [-0.25, -0.2) is 9.59 Å². The minimum atomic E-state index is 0.609. The fourth-order valence-corrected chi connectivity index (χ4v) is 5.74. The molecule has 4 nitrogen and oxygen atoms in total. The van der Waals surface area contributed by atoms with E-state index in [0.717, 1.165) is 70.6 Å². The number of aliphatic imine (C=N–C) groups is 2. The van der Waals surface area contributed by atoms with Crippen LogP contribution in [0.15, 0.2) is 105 Å². The van der Waals surface area contributed by atoms with Crippen molar-refractivity contribution in [3.63, 3.8) is 0 Å². The molecule has 4 rings (SSSR count). The van der Waals surface area contributed by atoms with Crippen molar-refractivity contribution in [2.45, 2.75) is 62.2 Å². The summed E-state index contributed by atoms with van der Waals surface area (Å²) in [5.41, 5.74) is 7.51. The van der Waals surface area contributed by atoms with Crippen LogP contribution in [-0.4, -0.2) is 12.2 Å². The van der Waals surface area contributed by atoms with Crippen LogP contribution in [0.5, 0.6) is 0 Å². The van der Waals surface area contributed by atoms with Crippen LogP contribution in [0, 0.1) is 0 Å². The van der Waals surface area contributed by atoms with Gasteiger partial charge in [0.1, 0.15) is 0 Å². The van der Waals surface area contributed by atoms with Crippen molar-refractivity contribution in [3.05, 3.63) is 96.1 Å². The number of rotatable bonds is 12. The zero-order valence-corrected chi connectivity index (χ0v) is 23.3. The van der Waals surface area contributed by atoms with E-state index < -0.39 is 0 Å². The van der Waals surface area contributed by atoms with Gasteiger partial charge in [-0.15, -0.1) is 0 Å². The SMILES string of the molecule is CCCCc1ccc(N=C=O)c(-c2ccccc2Sc2ccccc2-c2cc(CCCC)ccc2N=C=O)c1. The van der Waals surface area contributed by atoms with Crippen molar-refractivity contribution in [3.8, 4) is 22.3 Å². The molecule has 0 unspecified atom stereocenters. The minimum Gasteiger partial charge on any atom is -0.211 e. The maximum Gasteiger partial charge on any atom is 0.240 e. The second kappa shape index (κ2) is 14.2. The quantitative estimate of drug-likeness (QED) is 0.135. The van der Waals surface area contributed by atoms with Crippen LogP contribution in [0.1, 0.15) is 50.7 Å². The van der Waals surface area contributed by atoms with Crippen LogP contribution in [0.4, 0.5) is 11.4 Å². The Labute approximate surface area is 234 Å². The molecule has 0 spiro atoms. The molecular formula is C34H32N2O2S. The molecule has 0 aliphatic rings. The van der Waals surface area contributed by atoms with Gasteiger partial charge < -0.3 is 0 Å². The van der Waals surface area contributed by atoms with E-state index in [1.807, 2.05) is 48.5 Å². The molecule has 0 saturated heterocycles. The maximum absolute atomic E-state index is 11.2. The zero-order valence-electron chi connectivity index (χ0n) is 22.4. The lowest BCUT2D eigenvalue weighted by Gasteiger charge is -2.16. The van der Waals surface area contributed by atoms with E-state index >= 15 is 0 Å². The molecule has 4 aromatic carbocycles. The Kier molecular flexibility index (Phi) is 10.2. The largest absolute Gasteiger partial charge is 0.240 e. The van der Waals surface area contributed by atoms with E-state index in [0.29, 0.717) is 11.4 Å². The van der Waals surface area contributed by atoms with Crippen LogP contribution >= 0.6 is 11.8 Å². The summed E-state index contributed by atoms with van der Waals surface area (Å²) in [6.07, 6.45) is 9.81. The fraction of sp³-hybridized carbons (Fsp3) is 0.235. The Hall–Kier alpha value is -4.01. The number of hydrogen-bond acceptors (Lipinski definition) is 5. The first-order valence-electron chi connectivity index (χ1n) is 13.5. The summed E-state index contributed by atoms with van der Waals surface area (Å²) in [5.74, 6) is 0. The van der Waals surface area contributed by atoms with Gasteiger partial charge in [0, 0.05) is 20.9 Å². The Balaban J connectivity index is 1.81. The molecular weight excluding hydrogens is 500 g/mol. The highest BCUT2D eigenvalue weighted by Gasteiger charge is 2.16. The van der Waals surface area contributed by atoms with Crippen LogP contribution in [0.3, 0.4) is 0 Å². The second-order valence-corrected chi connectivity index (χ2v) is 10.5. The number of carbonyl (C=O) groups excluding carboxylic acids is 2. The molecule has 0 aromatic heterocycles. The third kappa shape index (κ3) is 7.10. The first kappa shape index (κ1) is 28.0. The molecule has 196 valence electrons. The molecule has 0 atom stereocenters. The van der Waals surface area contributed by atoms with E-state index in [1.54, 1.807) is 23.9 Å². The van der Waals surface area contributed by atoms with Gasteiger partial charge in [-0.1, -0.05) is 87.0 Å². The van der Waals surface area contributed by atoms with Crippen molar-refractivity contribution in [1.82, 2.24) is 0 Å². The molecule has 5 heteroatoms. The van der Waals surface area contributed by atoms with Gasteiger partial charge in [0.25, 0.3) is 0 Å². The molecule has 0 amide bonds. The molecule has 0 heterocycles. The Morgan fingerprint density at radius 2 is 1.03 bits per heavy atom. The minimum absolute atomic E-state index is 0.609. The van der Waals surface area contributed by atoms with Crippen LogP contribution in [-0.2, 0) is 22.4 Å². The van der Waals surface area contributed by atoms with Gasteiger partial charge in [-0.3, -0.25) is 0 Å². The number of unbranched alkanes of at least 4 members (excludes halogenated alkanes) is 2. The van der Waals surface area contributed by atoms with E-state index in [1.165, 1.54) is 11.1 Å². The van der Waals surface area contributed by atoms with E-state index in [2.05, 4.69) is 60.2 Å². The molecule has 0 radical (unpaired) electrons. The third-order valence-corrected chi connectivity index (χ3v) is 7.82. The summed E-state index contributed by atoms with van der Waals surface area (Å²) in [6, 6.07) is 28.6. The third-order valence-electron chi connectivity index (χ3n) is 6.67. The van der Waals surface area contributed by atoms with Crippen LogP contribution in [0.25, 0.3) is 22.3 Å². The molecule has 0 saturated carbocycles. The normalized spacial score (nSPS) is 10.5. The number of isocyanates is 2. The van der Waals surface area contributed by atoms with Crippen molar-refractivity contribution >= 4 is 35.3 Å². The molecule has 0 bridgehead atoms. The molecule has 0 N–H and O–H groups in total. The van der Waals surface area contributed by atoms with Crippen LogP contribution in [0.2, 0.25) is 0 Å². The van der Waals surface area contributed by atoms with E-state index in [9.17, 15) is 9.59 Å². The lowest BCUT2D eigenvalue weighted by Crippen LogP contribution is -1.91. The highest BCUT2D eigenvalue weighted by Crippen LogP contribution is 2.44. The zero-order chi connectivity index (χ0) is 27.5. The fourth-order valence-electron chi connectivity index (χ4n) is 4.64. The Morgan fingerprint density at radius 3 is 1.44 bits per heavy atom. The number of hydrogen-bond donors (Lipinski definition) is 0. The van der Waals surface area contributed by atoms with Crippen molar-refractivity contribution < 1.29 is 9.59 Å². The summed E-state index contributed by atoms with van der Waals surface area (Å²) < 4.78 is 0. The van der Waals surface area contributed by atoms with Gasteiger partial charge in [0.05, 0.1) is 11.4 Å². The van der Waals surface area contributed by atoms with Crippen molar-refractivity contribution in [1.29, 1.82) is 0 Å². The molecule has 0 fully saturated rings. The summed E-state index contributed by atoms with van der Waals surface area (Å²) in [5, 5.41) is 0. The lowest BCUT2D eigenvalue weighted by atomic mass is 9.98. The van der Waals surface area contributed by atoms with E-state index in [-0.39, 0.29) is 0 Å². The van der Waals surface area contributed by atoms with Crippen molar-refractivity contribution in [2.24, 2.45) is 9.98 Å². The smallest absolute Gasteiger partial charge is 0.211 e. The summed E-state index contributed by atoms with van der Waals surface area (Å²) in [4.78, 5) is 32.6. The molecule has 0 aliphatic carbocycles. The highest BCUT2D eigenvalue weighted by molar-refractivity contribution is 7.99. The second-order valence-electron chi connectivity index (χ2n) is 9.41. The van der Waals surface area contributed by atoms with Gasteiger partial charge in [0.2, 0.25) is 12.2 Å². The Morgan fingerprint density at radius 1 is 0.590 bits per heavy atom. The van der Waals surface area contributed by atoms with Crippen LogP contribution < -0.4 is 0 Å². The highest BCUT2D eigenvalue weighted by atomic mass is 32.2. The topological polar surface area (TPSA) is 58.9 Å². The van der Waals surface area contributed by atoms with Gasteiger partial charge in [0.15, 0.2) is 0 Å². The molecule has 0 aliphatic heterocycles. The lowest BCUT2D eigenvalue weighted by molar-refractivity contribution is 0.564. The first-order chi connectivity index (χ1) is 19.2. The van der Waals surface area contributed by atoms with Gasteiger partial charge >= 0.3 is 0 Å². The summed E-state index contributed by atoms with van der Waals surface area (Å²) in [7, 11) is 0. The van der Waals surface area contributed by atoms with Crippen molar-refractivity contribution in [2.75, 3.05) is 0 Å². The number of aryl methyl sites for hydroxylation is 2. The number of benzene rings is 4. The Bertz CT molecular complexity index is 1420. The predicted octanol–water partition coefficient (Wildman–Crippen LogP) is 9.79. The maximum atomic E-state index is 11.2. The molecule has 4 aromatic rings. The average molecular weight is 533 g/mol. The first-order valence-corrected chi connectivity index (χ1v) is 14.3. The van der Waals surface area contributed by atoms with Gasteiger partial charge in [-0.2, -0.15) is 9.98 Å². The van der Waals surface area contributed by atoms with Gasteiger partial charge in [-0.05, 0) is 84.3 Å². The molecule has 39 heavy (non-hydrogen) atoms. The predicted molar refractivity (Wildman–Crippen MR) is 161 cm³/mol. The van der Waals surface area contributed by atoms with E-state index in [4.69, 9.17) is 0 Å². The standard InChI is InChI=1S/C34H32N2O2S/c1-3-5-11-25-17-19-31(35-23-37)29(21-25)27-13-7-9-15-33(27)39-34-16-10-8-14-28(34)30-22-26(12-6-4-2)18-20-32(30)36-24-38/h7-10,13-22H,3-6,11-12H2,1-2H3.